The molecule has 0 atom stereocenters. The van der Waals surface area contributed by atoms with Crippen LogP contribution < -0.4 is 10.6 Å². The molecule has 0 aliphatic heterocycles. The summed E-state index contributed by atoms with van der Waals surface area (Å²) in [6, 6.07) is 5.05. The molecule has 0 amide bonds. The summed E-state index contributed by atoms with van der Waals surface area (Å²) in [6.45, 7) is 2.60. The monoisotopic (exact) mass is 311 g/mol. The molecule has 20 heavy (non-hydrogen) atoms. The third kappa shape index (κ3) is 2.94. The number of sulfone groups is 1. The maximum Gasteiger partial charge on any atom is 0.177 e. The van der Waals surface area contributed by atoms with E-state index in [0.29, 0.717) is 17.9 Å². The van der Waals surface area contributed by atoms with Gasteiger partial charge in [-0.25, -0.2) is 13.4 Å². The first-order valence-corrected chi connectivity index (χ1v) is 8.76. The van der Waals surface area contributed by atoms with Gasteiger partial charge >= 0.3 is 0 Å². The Balaban J connectivity index is 2.36. The van der Waals surface area contributed by atoms with Crippen LogP contribution in [0.2, 0.25) is 0 Å². The van der Waals surface area contributed by atoms with Crippen LogP contribution in [-0.4, -0.2) is 26.7 Å². The number of thiazole rings is 1. The van der Waals surface area contributed by atoms with Gasteiger partial charge in [0.05, 0.1) is 34.0 Å². The fourth-order valence-electron chi connectivity index (χ4n) is 1.97. The highest BCUT2D eigenvalue weighted by atomic mass is 32.2. The molecule has 0 saturated carbocycles. The number of hydrogen-bond donors (Lipinski definition) is 1. The van der Waals surface area contributed by atoms with Crippen LogP contribution in [0.3, 0.4) is 0 Å². The van der Waals surface area contributed by atoms with Gasteiger partial charge in [-0.1, -0.05) is 6.07 Å². The minimum absolute atomic E-state index is 0.169. The Hall–Kier alpha value is -1.60. The SMILES string of the molecule is Cc1ncsc1CN(C)c1cccc(S(C)(=O)=O)c1N. The molecule has 108 valence electrons. The number of aromatic nitrogens is 1. The summed E-state index contributed by atoms with van der Waals surface area (Å²) in [7, 11) is -1.44. The third-order valence-corrected chi connectivity index (χ3v) is 5.15. The van der Waals surface area contributed by atoms with Crippen molar-refractivity contribution in [2.45, 2.75) is 18.4 Å². The van der Waals surface area contributed by atoms with Crippen LogP contribution in [0.25, 0.3) is 0 Å². The fourth-order valence-corrected chi connectivity index (χ4v) is 3.63. The van der Waals surface area contributed by atoms with E-state index in [4.69, 9.17) is 5.73 Å². The highest BCUT2D eigenvalue weighted by Crippen LogP contribution is 2.30. The van der Waals surface area contributed by atoms with Crippen molar-refractivity contribution in [2.75, 3.05) is 23.9 Å². The quantitative estimate of drug-likeness (QED) is 0.875. The van der Waals surface area contributed by atoms with E-state index < -0.39 is 9.84 Å². The number of nitrogens with zero attached hydrogens (tertiary/aromatic N) is 2. The molecule has 2 aromatic rings. The van der Waals surface area contributed by atoms with Crippen molar-refractivity contribution in [3.05, 3.63) is 34.3 Å². The van der Waals surface area contributed by atoms with Crippen molar-refractivity contribution in [1.82, 2.24) is 4.98 Å². The number of benzene rings is 1. The Labute approximate surface area is 123 Å². The Morgan fingerprint density at radius 1 is 1.40 bits per heavy atom. The van der Waals surface area contributed by atoms with Crippen LogP contribution in [-0.2, 0) is 16.4 Å². The van der Waals surface area contributed by atoms with Gasteiger partial charge in [-0.2, -0.15) is 0 Å². The lowest BCUT2D eigenvalue weighted by atomic mass is 10.2. The summed E-state index contributed by atoms with van der Waals surface area (Å²) in [5.74, 6) is 0. The first-order valence-electron chi connectivity index (χ1n) is 5.99. The number of aryl methyl sites for hydroxylation is 1. The highest BCUT2D eigenvalue weighted by Gasteiger charge is 2.17. The molecule has 0 unspecified atom stereocenters. The second-order valence-electron chi connectivity index (χ2n) is 4.68. The highest BCUT2D eigenvalue weighted by molar-refractivity contribution is 7.90. The van der Waals surface area contributed by atoms with Crippen molar-refractivity contribution < 1.29 is 8.42 Å². The molecule has 2 N–H and O–H groups in total. The lowest BCUT2D eigenvalue weighted by Gasteiger charge is -2.21. The van der Waals surface area contributed by atoms with Crippen molar-refractivity contribution >= 4 is 32.5 Å². The molecule has 0 radical (unpaired) electrons. The molecule has 0 aliphatic rings. The molecule has 0 spiro atoms. The molecule has 1 aromatic carbocycles. The van der Waals surface area contributed by atoms with E-state index >= 15 is 0 Å². The first kappa shape index (κ1) is 14.8. The lowest BCUT2D eigenvalue weighted by Crippen LogP contribution is -2.18. The molecule has 0 aliphatic carbocycles. The average Bonchev–Trinajstić information content (AvgIpc) is 2.73. The van der Waals surface area contributed by atoms with Gasteiger partial charge in [-0.15, -0.1) is 11.3 Å². The Morgan fingerprint density at radius 3 is 2.65 bits per heavy atom. The van der Waals surface area contributed by atoms with E-state index in [1.807, 2.05) is 24.9 Å². The fraction of sp³-hybridized carbons (Fsp3) is 0.308. The largest absolute Gasteiger partial charge is 0.396 e. The van der Waals surface area contributed by atoms with Gasteiger partial charge < -0.3 is 10.6 Å². The van der Waals surface area contributed by atoms with Crippen molar-refractivity contribution in [2.24, 2.45) is 0 Å². The van der Waals surface area contributed by atoms with Crippen LogP contribution in [0.15, 0.2) is 28.6 Å². The number of nitrogens with two attached hydrogens (primary N) is 1. The second-order valence-corrected chi connectivity index (χ2v) is 7.60. The number of hydrogen-bond acceptors (Lipinski definition) is 6. The zero-order valence-electron chi connectivity index (χ0n) is 11.6. The third-order valence-electron chi connectivity index (χ3n) is 3.08. The molecular formula is C13H17N3O2S2. The molecular weight excluding hydrogens is 294 g/mol. The Bertz CT molecular complexity index is 723. The van der Waals surface area contributed by atoms with Crippen LogP contribution in [0.4, 0.5) is 11.4 Å². The van der Waals surface area contributed by atoms with Crippen molar-refractivity contribution in [1.29, 1.82) is 0 Å². The van der Waals surface area contributed by atoms with E-state index in [1.165, 1.54) is 6.07 Å². The lowest BCUT2D eigenvalue weighted by molar-refractivity contribution is 0.602. The summed E-state index contributed by atoms with van der Waals surface area (Å²) in [5, 5.41) is 0. The van der Waals surface area contributed by atoms with Gasteiger partial charge in [0.2, 0.25) is 0 Å². The maximum atomic E-state index is 11.7. The normalized spacial score (nSPS) is 11.6. The Morgan fingerprint density at radius 2 is 2.10 bits per heavy atom. The van der Waals surface area contributed by atoms with Gasteiger partial charge in [0, 0.05) is 18.2 Å². The number of nitrogen functional groups attached to an aromatic ring is 1. The minimum atomic E-state index is -3.32. The summed E-state index contributed by atoms with van der Waals surface area (Å²) >= 11 is 1.58. The van der Waals surface area contributed by atoms with Gasteiger partial charge in [-0.05, 0) is 19.1 Å². The first-order chi connectivity index (χ1) is 9.30. The molecule has 2 rings (SSSR count). The molecule has 0 saturated heterocycles. The molecule has 1 aromatic heterocycles. The van der Waals surface area contributed by atoms with Crippen molar-refractivity contribution in [3.63, 3.8) is 0 Å². The van der Waals surface area contributed by atoms with E-state index in [9.17, 15) is 8.42 Å². The topological polar surface area (TPSA) is 76.3 Å². The second kappa shape index (κ2) is 5.41. The average molecular weight is 311 g/mol. The molecule has 5 nitrogen and oxygen atoms in total. The predicted molar refractivity (Wildman–Crippen MR) is 82.9 cm³/mol. The van der Waals surface area contributed by atoms with E-state index in [0.717, 1.165) is 16.8 Å². The zero-order chi connectivity index (χ0) is 14.9. The zero-order valence-corrected chi connectivity index (χ0v) is 13.3. The number of anilines is 2. The van der Waals surface area contributed by atoms with E-state index in [2.05, 4.69) is 4.98 Å². The molecule has 1 heterocycles. The van der Waals surface area contributed by atoms with Gasteiger partial charge in [0.1, 0.15) is 0 Å². The summed E-state index contributed by atoms with van der Waals surface area (Å²) < 4.78 is 23.4. The van der Waals surface area contributed by atoms with Crippen LogP contribution in [0, 0.1) is 6.92 Å². The molecule has 0 fully saturated rings. The van der Waals surface area contributed by atoms with Gasteiger partial charge in [0.25, 0.3) is 0 Å². The van der Waals surface area contributed by atoms with Gasteiger partial charge in [0.15, 0.2) is 9.84 Å². The van der Waals surface area contributed by atoms with E-state index in [1.54, 1.807) is 22.9 Å². The van der Waals surface area contributed by atoms with Crippen LogP contribution in [0.5, 0.6) is 0 Å². The standard InChI is InChI=1S/C13H17N3O2S2/c1-9-11(19-8-15-9)7-16(2)10-5-4-6-12(13(10)14)20(3,17)18/h4-6,8H,7,14H2,1-3H3. The number of rotatable bonds is 4. The molecule has 7 heteroatoms. The Kier molecular flexibility index (Phi) is 4.01. The summed E-state index contributed by atoms with van der Waals surface area (Å²) in [4.78, 5) is 7.45. The molecule has 0 bridgehead atoms. The maximum absolute atomic E-state index is 11.7. The number of para-hydroxylation sites is 1. The smallest absolute Gasteiger partial charge is 0.177 e. The van der Waals surface area contributed by atoms with Crippen LogP contribution >= 0.6 is 11.3 Å². The van der Waals surface area contributed by atoms with Crippen LogP contribution in [0.1, 0.15) is 10.6 Å². The van der Waals surface area contributed by atoms with Gasteiger partial charge in [-0.3, -0.25) is 0 Å². The van der Waals surface area contributed by atoms with E-state index in [-0.39, 0.29) is 4.90 Å². The summed E-state index contributed by atoms with van der Waals surface area (Å²) in [5.41, 5.74) is 9.79. The summed E-state index contributed by atoms with van der Waals surface area (Å²) in [6.07, 6.45) is 1.16. The predicted octanol–water partition coefficient (Wildman–Crippen LogP) is 2.07. The van der Waals surface area contributed by atoms with Crippen molar-refractivity contribution in [3.8, 4) is 0 Å². The minimum Gasteiger partial charge on any atom is -0.396 e.